The van der Waals surface area contributed by atoms with Gasteiger partial charge < -0.3 is 9.64 Å². The van der Waals surface area contributed by atoms with Crippen LogP contribution in [0.2, 0.25) is 0 Å². The highest BCUT2D eigenvalue weighted by molar-refractivity contribution is 5.68. The van der Waals surface area contributed by atoms with E-state index in [-0.39, 0.29) is 11.7 Å². The molecule has 3 heteroatoms. The third-order valence-electron chi connectivity index (χ3n) is 3.38. The largest absolute Gasteiger partial charge is 0.444 e. The highest BCUT2D eigenvalue weighted by Crippen LogP contribution is 2.38. The lowest BCUT2D eigenvalue weighted by Gasteiger charge is -2.24. The third-order valence-corrected chi connectivity index (χ3v) is 3.38. The van der Waals surface area contributed by atoms with Gasteiger partial charge in [0.25, 0.3) is 0 Å². The van der Waals surface area contributed by atoms with E-state index in [1.807, 2.05) is 25.7 Å². The number of hydrogen-bond donors (Lipinski definition) is 0. The number of carbonyl (C=O) groups is 1. The lowest BCUT2D eigenvalue weighted by molar-refractivity contribution is 0.0280. The monoisotopic (exact) mass is 211 g/mol. The van der Waals surface area contributed by atoms with E-state index < -0.39 is 0 Å². The first-order chi connectivity index (χ1) is 6.96. The van der Waals surface area contributed by atoms with Crippen LogP contribution in [0.3, 0.4) is 0 Å². The molecule has 2 fully saturated rings. The lowest BCUT2D eigenvalue weighted by Crippen LogP contribution is -2.35. The van der Waals surface area contributed by atoms with Gasteiger partial charge in [0, 0.05) is 13.1 Å². The van der Waals surface area contributed by atoms with Crippen LogP contribution in [0.25, 0.3) is 0 Å². The van der Waals surface area contributed by atoms with Crippen LogP contribution in [-0.4, -0.2) is 29.7 Å². The summed E-state index contributed by atoms with van der Waals surface area (Å²) in [5, 5.41) is 0. The zero-order valence-electron chi connectivity index (χ0n) is 9.95. The van der Waals surface area contributed by atoms with Gasteiger partial charge in [0.2, 0.25) is 0 Å². The summed E-state index contributed by atoms with van der Waals surface area (Å²) in [6.45, 7) is 7.59. The molecule has 86 valence electrons. The van der Waals surface area contributed by atoms with Crippen LogP contribution >= 0.6 is 0 Å². The number of likely N-dealkylation sites (tertiary alicyclic amines) is 1. The normalized spacial score (nSPS) is 30.5. The van der Waals surface area contributed by atoms with Gasteiger partial charge in [0.15, 0.2) is 0 Å². The molecule has 1 saturated carbocycles. The zero-order chi connectivity index (χ0) is 11.1. The highest BCUT2D eigenvalue weighted by Gasteiger charge is 2.39. The van der Waals surface area contributed by atoms with Gasteiger partial charge in [-0.25, -0.2) is 4.79 Å². The number of hydrogen-bond acceptors (Lipinski definition) is 2. The second-order valence-corrected chi connectivity index (χ2v) is 5.84. The SMILES string of the molecule is CC(C)(C)OC(=O)N1CC2CCC[C@H]2C1. The van der Waals surface area contributed by atoms with Gasteiger partial charge in [-0.2, -0.15) is 0 Å². The van der Waals surface area contributed by atoms with E-state index in [0.717, 1.165) is 24.9 Å². The molecule has 1 aliphatic heterocycles. The molecule has 1 amide bonds. The van der Waals surface area contributed by atoms with E-state index in [2.05, 4.69) is 0 Å². The summed E-state index contributed by atoms with van der Waals surface area (Å²) in [4.78, 5) is 13.7. The maximum atomic E-state index is 11.8. The maximum absolute atomic E-state index is 11.8. The molecule has 1 aliphatic carbocycles. The Morgan fingerprint density at radius 1 is 1.20 bits per heavy atom. The molecule has 2 atom stereocenters. The third kappa shape index (κ3) is 2.44. The Hall–Kier alpha value is -0.730. The summed E-state index contributed by atoms with van der Waals surface area (Å²) >= 11 is 0. The van der Waals surface area contributed by atoms with Crippen LogP contribution in [0.5, 0.6) is 0 Å². The van der Waals surface area contributed by atoms with E-state index in [1.165, 1.54) is 19.3 Å². The van der Waals surface area contributed by atoms with Crippen molar-refractivity contribution >= 4 is 6.09 Å². The standard InChI is InChI=1S/C12H21NO2/c1-12(2,3)15-11(14)13-7-9-5-4-6-10(9)8-13/h9-10H,4-8H2,1-3H3/t9-,10?/m0/s1. The van der Waals surface area contributed by atoms with Gasteiger partial charge in [-0.3, -0.25) is 0 Å². The van der Waals surface area contributed by atoms with Crippen molar-refractivity contribution in [3.8, 4) is 0 Å². The first-order valence-corrected chi connectivity index (χ1v) is 5.93. The number of rotatable bonds is 0. The van der Waals surface area contributed by atoms with Crippen molar-refractivity contribution in [1.29, 1.82) is 0 Å². The van der Waals surface area contributed by atoms with E-state index in [9.17, 15) is 4.79 Å². The maximum Gasteiger partial charge on any atom is 0.410 e. The van der Waals surface area contributed by atoms with Gasteiger partial charge >= 0.3 is 6.09 Å². The number of carbonyl (C=O) groups excluding carboxylic acids is 1. The van der Waals surface area contributed by atoms with E-state index in [1.54, 1.807) is 0 Å². The van der Waals surface area contributed by atoms with Crippen molar-refractivity contribution < 1.29 is 9.53 Å². The van der Waals surface area contributed by atoms with Crippen molar-refractivity contribution in [1.82, 2.24) is 4.90 Å². The van der Waals surface area contributed by atoms with Gasteiger partial charge in [0.05, 0.1) is 0 Å². The number of amides is 1. The van der Waals surface area contributed by atoms with Gasteiger partial charge in [-0.15, -0.1) is 0 Å². The van der Waals surface area contributed by atoms with Gasteiger partial charge in [-0.05, 0) is 45.4 Å². The van der Waals surface area contributed by atoms with Crippen LogP contribution in [-0.2, 0) is 4.74 Å². The summed E-state index contributed by atoms with van der Waals surface area (Å²) in [5.41, 5.74) is -0.366. The van der Waals surface area contributed by atoms with Crippen LogP contribution in [0.4, 0.5) is 4.79 Å². The molecule has 1 heterocycles. The Morgan fingerprint density at radius 3 is 2.20 bits per heavy atom. The fourth-order valence-electron chi connectivity index (χ4n) is 2.71. The van der Waals surface area contributed by atoms with Gasteiger partial charge in [0.1, 0.15) is 5.60 Å². The van der Waals surface area contributed by atoms with Crippen LogP contribution in [0, 0.1) is 11.8 Å². The molecule has 0 radical (unpaired) electrons. The molecule has 0 bridgehead atoms. The highest BCUT2D eigenvalue weighted by atomic mass is 16.6. The molecule has 1 saturated heterocycles. The molecule has 15 heavy (non-hydrogen) atoms. The molecule has 0 spiro atoms. The quantitative estimate of drug-likeness (QED) is 0.616. The molecule has 0 aromatic heterocycles. The fourth-order valence-corrected chi connectivity index (χ4v) is 2.71. The molecule has 3 nitrogen and oxygen atoms in total. The Labute approximate surface area is 91.8 Å². The topological polar surface area (TPSA) is 29.5 Å². The van der Waals surface area contributed by atoms with Gasteiger partial charge in [-0.1, -0.05) is 6.42 Å². The number of fused-ring (bicyclic) bond motifs is 1. The smallest absolute Gasteiger partial charge is 0.410 e. The van der Waals surface area contributed by atoms with Crippen LogP contribution < -0.4 is 0 Å². The summed E-state index contributed by atoms with van der Waals surface area (Å²) in [7, 11) is 0. The Bertz CT molecular complexity index is 245. The molecular weight excluding hydrogens is 190 g/mol. The minimum absolute atomic E-state index is 0.128. The van der Waals surface area contributed by atoms with Crippen molar-refractivity contribution in [2.24, 2.45) is 11.8 Å². The first-order valence-electron chi connectivity index (χ1n) is 5.93. The molecule has 1 unspecified atom stereocenters. The summed E-state index contributed by atoms with van der Waals surface area (Å²) in [6.07, 6.45) is 3.81. The zero-order valence-corrected chi connectivity index (χ0v) is 9.95. The molecule has 2 aliphatic rings. The minimum atomic E-state index is -0.366. The van der Waals surface area contributed by atoms with Crippen molar-refractivity contribution in [3.05, 3.63) is 0 Å². The predicted octanol–water partition coefficient (Wildman–Crippen LogP) is 2.65. The summed E-state index contributed by atoms with van der Waals surface area (Å²) in [5.74, 6) is 1.50. The summed E-state index contributed by atoms with van der Waals surface area (Å²) < 4.78 is 5.37. The first kappa shape index (κ1) is 10.8. The van der Waals surface area contributed by atoms with E-state index in [0.29, 0.717) is 0 Å². The average molecular weight is 211 g/mol. The van der Waals surface area contributed by atoms with Crippen molar-refractivity contribution in [2.45, 2.75) is 45.6 Å². The average Bonchev–Trinajstić information content (AvgIpc) is 2.56. The van der Waals surface area contributed by atoms with Crippen molar-refractivity contribution in [2.75, 3.05) is 13.1 Å². The summed E-state index contributed by atoms with van der Waals surface area (Å²) in [6, 6.07) is 0. The Balaban J connectivity index is 1.88. The van der Waals surface area contributed by atoms with E-state index >= 15 is 0 Å². The lowest BCUT2D eigenvalue weighted by atomic mass is 10.0. The molecule has 0 aromatic carbocycles. The Kier molecular flexibility index (Phi) is 2.65. The van der Waals surface area contributed by atoms with Crippen LogP contribution in [0.15, 0.2) is 0 Å². The second kappa shape index (κ2) is 3.69. The van der Waals surface area contributed by atoms with Crippen molar-refractivity contribution in [3.63, 3.8) is 0 Å². The Morgan fingerprint density at radius 2 is 1.73 bits per heavy atom. The van der Waals surface area contributed by atoms with E-state index in [4.69, 9.17) is 4.74 Å². The predicted molar refractivity (Wildman–Crippen MR) is 58.6 cm³/mol. The fraction of sp³-hybridized carbons (Fsp3) is 0.917. The minimum Gasteiger partial charge on any atom is -0.444 e. The molecule has 0 N–H and O–H groups in total. The molecule has 0 aromatic rings. The number of ether oxygens (including phenoxy) is 1. The molecular formula is C12H21NO2. The number of nitrogens with zero attached hydrogens (tertiary/aromatic N) is 1. The molecule has 2 rings (SSSR count). The van der Waals surface area contributed by atoms with Crippen LogP contribution in [0.1, 0.15) is 40.0 Å². The second-order valence-electron chi connectivity index (χ2n) is 5.84.